The van der Waals surface area contributed by atoms with Crippen LogP contribution in [0.25, 0.3) is 0 Å². The summed E-state index contributed by atoms with van der Waals surface area (Å²) in [6.45, 7) is 0. The molecule has 0 spiro atoms. The molecule has 4 aliphatic rings. The van der Waals surface area contributed by atoms with Gasteiger partial charge in [0.1, 0.15) is 0 Å². The van der Waals surface area contributed by atoms with Gasteiger partial charge in [-0.05, 0) is 69.5 Å². The molecule has 30 heavy (non-hydrogen) atoms. The molecule has 2 aliphatic heterocycles. The van der Waals surface area contributed by atoms with Gasteiger partial charge in [-0.1, -0.05) is 0 Å². The fourth-order valence-electron chi connectivity index (χ4n) is 5.93. The van der Waals surface area contributed by atoms with Crippen LogP contribution >= 0.6 is 11.8 Å². The number of amides is 1. The van der Waals surface area contributed by atoms with Crippen molar-refractivity contribution in [3.05, 3.63) is 0 Å². The average molecular weight is 439 g/mol. The topological polar surface area (TPSA) is 60.4 Å². The maximum Gasteiger partial charge on any atom is 0.256 e. The molecule has 4 rings (SSSR count). The SMILES string of the molecule is COC1CCC(C2CC(C3CCC(OC)C(OC)C3)=NN2C(=O)C2CCCS2)CC1. The Kier molecular flexibility index (Phi) is 7.76. The minimum atomic E-state index is 0.0989. The Morgan fingerprint density at radius 1 is 0.967 bits per heavy atom. The molecule has 170 valence electrons. The van der Waals surface area contributed by atoms with Gasteiger partial charge in [-0.25, -0.2) is 5.01 Å². The number of ether oxygens (including phenoxy) is 3. The van der Waals surface area contributed by atoms with Crippen molar-refractivity contribution in [1.82, 2.24) is 5.01 Å². The minimum absolute atomic E-state index is 0.0989. The third kappa shape index (κ3) is 4.74. The summed E-state index contributed by atoms with van der Waals surface area (Å²) in [4.78, 5) is 13.4. The lowest BCUT2D eigenvalue weighted by molar-refractivity contribution is -0.133. The van der Waals surface area contributed by atoms with Crippen LogP contribution in [0.15, 0.2) is 5.10 Å². The van der Waals surface area contributed by atoms with E-state index in [9.17, 15) is 4.79 Å². The maximum atomic E-state index is 13.4. The average Bonchev–Trinajstić information content (AvgIpc) is 3.49. The third-order valence-electron chi connectivity index (χ3n) is 7.80. The Bertz CT molecular complexity index is 616. The molecule has 2 heterocycles. The second-order valence-corrected chi connectivity index (χ2v) is 10.7. The summed E-state index contributed by atoms with van der Waals surface area (Å²) in [7, 11) is 5.37. The first kappa shape index (κ1) is 22.6. The van der Waals surface area contributed by atoms with E-state index in [1.165, 1.54) is 5.71 Å². The van der Waals surface area contributed by atoms with Gasteiger partial charge in [-0.2, -0.15) is 5.10 Å². The van der Waals surface area contributed by atoms with E-state index < -0.39 is 0 Å². The van der Waals surface area contributed by atoms with Crippen LogP contribution in [0.4, 0.5) is 0 Å². The van der Waals surface area contributed by atoms with E-state index in [1.54, 1.807) is 14.2 Å². The lowest BCUT2D eigenvalue weighted by Gasteiger charge is -2.36. The largest absolute Gasteiger partial charge is 0.381 e. The van der Waals surface area contributed by atoms with E-state index in [1.807, 2.05) is 23.9 Å². The van der Waals surface area contributed by atoms with Gasteiger partial charge in [0, 0.05) is 39.4 Å². The van der Waals surface area contributed by atoms with Crippen LogP contribution in [0.3, 0.4) is 0 Å². The van der Waals surface area contributed by atoms with Gasteiger partial charge in [0.15, 0.2) is 0 Å². The Hall–Kier alpha value is -0.630. The van der Waals surface area contributed by atoms with Gasteiger partial charge >= 0.3 is 0 Å². The van der Waals surface area contributed by atoms with Crippen LogP contribution in [0.1, 0.15) is 64.2 Å². The van der Waals surface area contributed by atoms with Crippen LogP contribution in [-0.2, 0) is 19.0 Å². The number of rotatable bonds is 6. The Balaban J connectivity index is 1.49. The number of methoxy groups -OCH3 is 3. The van der Waals surface area contributed by atoms with E-state index in [2.05, 4.69) is 0 Å². The fourth-order valence-corrected chi connectivity index (χ4v) is 7.13. The monoisotopic (exact) mass is 438 g/mol. The van der Waals surface area contributed by atoms with Crippen LogP contribution in [0.2, 0.25) is 0 Å². The molecule has 0 aromatic carbocycles. The first-order chi connectivity index (χ1) is 14.6. The van der Waals surface area contributed by atoms with Gasteiger partial charge in [0.25, 0.3) is 5.91 Å². The number of hydrazone groups is 1. The molecule has 1 saturated heterocycles. The third-order valence-corrected chi connectivity index (χ3v) is 9.17. The zero-order valence-electron chi connectivity index (χ0n) is 18.8. The van der Waals surface area contributed by atoms with Crippen LogP contribution < -0.4 is 0 Å². The van der Waals surface area contributed by atoms with Gasteiger partial charge in [-0.3, -0.25) is 4.79 Å². The van der Waals surface area contributed by atoms with Crippen LogP contribution in [-0.4, -0.2) is 73.3 Å². The smallest absolute Gasteiger partial charge is 0.256 e. The van der Waals surface area contributed by atoms with Gasteiger partial charge in [0.2, 0.25) is 0 Å². The fraction of sp³-hybridized carbons (Fsp3) is 0.913. The van der Waals surface area contributed by atoms with E-state index >= 15 is 0 Å². The highest BCUT2D eigenvalue weighted by molar-refractivity contribution is 8.00. The second-order valence-electron chi connectivity index (χ2n) is 9.38. The van der Waals surface area contributed by atoms with Crippen molar-refractivity contribution >= 4 is 23.4 Å². The Labute approximate surface area is 185 Å². The summed E-state index contributed by atoms with van der Waals surface area (Å²) in [6.07, 6.45) is 11.2. The van der Waals surface area contributed by atoms with Crippen molar-refractivity contribution in [3.8, 4) is 0 Å². The molecule has 0 bridgehead atoms. The summed E-state index contributed by atoms with van der Waals surface area (Å²) in [5.74, 6) is 2.27. The van der Waals surface area contributed by atoms with Crippen molar-refractivity contribution in [2.24, 2.45) is 16.9 Å². The standard InChI is InChI=1S/C23H38N2O4S/c1-27-17-9-6-15(7-10-17)19-14-18(16-8-11-20(28-2)21(13-16)29-3)24-25(19)23(26)22-5-4-12-30-22/h15-17,19-22H,4-14H2,1-3H3. The molecule has 5 atom stereocenters. The second kappa shape index (κ2) is 10.3. The number of carbonyl (C=O) groups excluding carboxylic acids is 1. The molecule has 3 fully saturated rings. The first-order valence-corrected chi connectivity index (χ1v) is 12.8. The van der Waals surface area contributed by atoms with E-state index in [4.69, 9.17) is 19.3 Å². The number of thioether (sulfide) groups is 1. The first-order valence-electron chi connectivity index (χ1n) is 11.7. The van der Waals surface area contributed by atoms with Crippen molar-refractivity contribution in [2.75, 3.05) is 27.1 Å². The van der Waals surface area contributed by atoms with Crippen LogP contribution in [0.5, 0.6) is 0 Å². The van der Waals surface area contributed by atoms with Gasteiger partial charge in [0.05, 0.1) is 29.6 Å². The lowest BCUT2D eigenvalue weighted by atomic mass is 9.77. The predicted octanol–water partition coefficient (Wildman–Crippen LogP) is 3.87. The number of carbonyl (C=O) groups is 1. The summed E-state index contributed by atoms with van der Waals surface area (Å²) in [5.41, 5.74) is 1.22. The zero-order chi connectivity index (χ0) is 21.1. The number of nitrogens with zero attached hydrogens (tertiary/aromatic N) is 2. The Morgan fingerprint density at radius 2 is 1.73 bits per heavy atom. The van der Waals surface area contributed by atoms with Crippen molar-refractivity contribution in [2.45, 2.75) is 93.8 Å². The number of hydrogen-bond donors (Lipinski definition) is 0. The molecule has 2 saturated carbocycles. The summed E-state index contributed by atoms with van der Waals surface area (Å²) < 4.78 is 16.9. The molecule has 7 heteroatoms. The van der Waals surface area contributed by atoms with Gasteiger partial charge in [-0.15, -0.1) is 11.8 Å². The highest BCUT2D eigenvalue weighted by Gasteiger charge is 2.44. The molecule has 0 aromatic rings. The lowest BCUT2D eigenvalue weighted by Crippen LogP contribution is -2.43. The van der Waals surface area contributed by atoms with E-state index in [0.717, 1.165) is 70.0 Å². The molecule has 5 unspecified atom stereocenters. The number of hydrogen-bond acceptors (Lipinski definition) is 6. The summed E-state index contributed by atoms with van der Waals surface area (Å²) in [5, 5.41) is 7.06. The minimum Gasteiger partial charge on any atom is -0.381 e. The molecule has 2 aliphatic carbocycles. The van der Waals surface area contributed by atoms with Gasteiger partial charge < -0.3 is 14.2 Å². The molecule has 6 nitrogen and oxygen atoms in total. The van der Waals surface area contributed by atoms with Crippen LogP contribution in [0, 0.1) is 11.8 Å². The Morgan fingerprint density at radius 3 is 2.37 bits per heavy atom. The molecule has 1 amide bonds. The van der Waals surface area contributed by atoms with Crippen molar-refractivity contribution < 1.29 is 19.0 Å². The predicted molar refractivity (Wildman–Crippen MR) is 120 cm³/mol. The highest BCUT2D eigenvalue weighted by Crippen LogP contribution is 2.40. The maximum absolute atomic E-state index is 13.4. The molecule has 0 aromatic heterocycles. The normalized spacial score (nSPS) is 39.9. The van der Waals surface area contributed by atoms with E-state index in [0.29, 0.717) is 17.9 Å². The summed E-state index contributed by atoms with van der Waals surface area (Å²) >= 11 is 1.82. The van der Waals surface area contributed by atoms with Crippen molar-refractivity contribution in [1.29, 1.82) is 0 Å². The van der Waals surface area contributed by atoms with Crippen molar-refractivity contribution in [3.63, 3.8) is 0 Å². The highest BCUT2D eigenvalue weighted by atomic mass is 32.2. The molecule has 0 N–H and O–H groups in total. The molecular formula is C23H38N2O4S. The molecule has 0 radical (unpaired) electrons. The quantitative estimate of drug-likeness (QED) is 0.630. The zero-order valence-corrected chi connectivity index (χ0v) is 19.6. The van der Waals surface area contributed by atoms with E-state index in [-0.39, 0.29) is 29.4 Å². The summed E-state index contributed by atoms with van der Waals surface area (Å²) in [6, 6.07) is 0.229. The molecular weight excluding hydrogens is 400 g/mol.